The summed E-state index contributed by atoms with van der Waals surface area (Å²) in [7, 11) is 0. The molecule has 98 valence electrons. The minimum absolute atomic E-state index is 0.124. The second-order valence-electron chi connectivity index (χ2n) is 4.67. The molecular weight excluding hydrogens is 238 g/mol. The summed E-state index contributed by atoms with van der Waals surface area (Å²) in [6.45, 7) is 2.11. The van der Waals surface area contributed by atoms with Gasteiger partial charge in [-0.05, 0) is 37.8 Å². The molecule has 18 heavy (non-hydrogen) atoms. The molecule has 2 nitrogen and oxygen atoms in total. The molecule has 2 rings (SSSR count). The second kappa shape index (κ2) is 5.57. The highest BCUT2D eigenvalue weighted by atomic mass is 19.2. The molecular formula is C14H16F2O2. The van der Waals surface area contributed by atoms with E-state index in [1.54, 1.807) is 0 Å². The third-order valence-electron chi connectivity index (χ3n) is 3.26. The maximum atomic E-state index is 13.6. The van der Waals surface area contributed by atoms with E-state index in [0.717, 1.165) is 19.3 Å². The molecule has 1 aromatic rings. The van der Waals surface area contributed by atoms with Gasteiger partial charge in [-0.15, -0.1) is 0 Å². The quantitative estimate of drug-likeness (QED) is 0.773. The van der Waals surface area contributed by atoms with Crippen LogP contribution >= 0.6 is 0 Å². The van der Waals surface area contributed by atoms with E-state index in [-0.39, 0.29) is 23.7 Å². The standard InChI is InChI=1S/C14H16F2O2/c1-9-5-6-11(14(16)13(9)15)12(17)8-10-4-2-3-7-18-10/h5-6,10H,2-4,7-8H2,1H3. The van der Waals surface area contributed by atoms with Crippen LogP contribution in [0.5, 0.6) is 0 Å². The van der Waals surface area contributed by atoms with Crippen LogP contribution in [0.15, 0.2) is 12.1 Å². The number of hydrogen-bond donors (Lipinski definition) is 0. The van der Waals surface area contributed by atoms with Crippen molar-refractivity contribution in [3.05, 3.63) is 34.9 Å². The molecule has 1 heterocycles. The number of benzene rings is 1. The van der Waals surface area contributed by atoms with Gasteiger partial charge in [0.15, 0.2) is 17.4 Å². The molecule has 1 saturated heterocycles. The molecule has 0 aliphatic carbocycles. The largest absolute Gasteiger partial charge is 0.378 e. The average Bonchev–Trinajstić information content (AvgIpc) is 2.37. The lowest BCUT2D eigenvalue weighted by Gasteiger charge is -2.21. The van der Waals surface area contributed by atoms with Gasteiger partial charge in [0.2, 0.25) is 0 Å². The minimum Gasteiger partial charge on any atom is -0.378 e. The third-order valence-corrected chi connectivity index (χ3v) is 3.26. The van der Waals surface area contributed by atoms with Crippen molar-refractivity contribution in [2.75, 3.05) is 6.61 Å². The number of rotatable bonds is 3. The molecule has 0 radical (unpaired) electrons. The fraction of sp³-hybridized carbons (Fsp3) is 0.500. The third kappa shape index (κ3) is 2.75. The Morgan fingerprint density at radius 2 is 2.11 bits per heavy atom. The van der Waals surface area contributed by atoms with Crippen LogP contribution in [0.1, 0.15) is 41.6 Å². The van der Waals surface area contributed by atoms with E-state index in [4.69, 9.17) is 4.74 Å². The van der Waals surface area contributed by atoms with Gasteiger partial charge < -0.3 is 4.74 Å². The van der Waals surface area contributed by atoms with Crippen molar-refractivity contribution in [2.24, 2.45) is 0 Å². The van der Waals surface area contributed by atoms with Crippen molar-refractivity contribution in [2.45, 2.75) is 38.7 Å². The van der Waals surface area contributed by atoms with Crippen LogP contribution in [-0.4, -0.2) is 18.5 Å². The van der Waals surface area contributed by atoms with Crippen molar-refractivity contribution in [1.82, 2.24) is 0 Å². The van der Waals surface area contributed by atoms with Gasteiger partial charge in [0.05, 0.1) is 11.7 Å². The maximum absolute atomic E-state index is 13.6. The van der Waals surface area contributed by atoms with E-state index in [2.05, 4.69) is 0 Å². The molecule has 1 unspecified atom stereocenters. The summed E-state index contributed by atoms with van der Waals surface area (Å²) in [5, 5.41) is 0. The summed E-state index contributed by atoms with van der Waals surface area (Å²) in [4.78, 5) is 11.9. The first kappa shape index (κ1) is 13.1. The molecule has 1 fully saturated rings. The Kier molecular flexibility index (Phi) is 4.07. The Morgan fingerprint density at radius 3 is 2.78 bits per heavy atom. The lowest BCUT2D eigenvalue weighted by atomic mass is 9.99. The smallest absolute Gasteiger partial charge is 0.169 e. The Bertz CT molecular complexity index is 451. The van der Waals surface area contributed by atoms with Gasteiger partial charge in [0, 0.05) is 13.0 Å². The minimum atomic E-state index is -1.05. The van der Waals surface area contributed by atoms with E-state index >= 15 is 0 Å². The van der Waals surface area contributed by atoms with Gasteiger partial charge in [-0.2, -0.15) is 0 Å². The summed E-state index contributed by atoms with van der Waals surface area (Å²) in [6.07, 6.45) is 2.79. The fourth-order valence-electron chi connectivity index (χ4n) is 2.15. The normalized spacial score (nSPS) is 19.8. The summed E-state index contributed by atoms with van der Waals surface area (Å²) in [5.41, 5.74) is 0.0326. The number of Topliss-reactive ketones (excluding diaryl/α,β-unsaturated/α-hetero) is 1. The average molecular weight is 254 g/mol. The van der Waals surface area contributed by atoms with E-state index in [1.807, 2.05) is 0 Å². The number of hydrogen-bond acceptors (Lipinski definition) is 2. The Morgan fingerprint density at radius 1 is 1.33 bits per heavy atom. The van der Waals surface area contributed by atoms with Crippen LogP contribution in [0, 0.1) is 18.6 Å². The molecule has 0 N–H and O–H groups in total. The number of carbonyl (C=O) groups is 1. The SMILES string of the molecule is Cc1ccc(C(=O)CC2CCCCO2)c(F)c1F. The second-order valence-corrected chi connectivity index (χ2v) is 4.67. The van der Waals surface area contributed by atoms with Crippen molar-refractivity contribution in [1.29, 1.82) is 0 Å². The van der Waals surface area contributed by atoms with Crippen molar-refractivity contribution in [3.8, 4) is 0 Å². The lowest BCUT2D eigenvalue weighted by molar-refractivity contribution is 0.0128. The van der Waals surface area contributed by atoms with E-state index in [0.29, 0.717) is 6.61 Å². The summed E-state index contributed by atoms with van der Waals surface area (Å²) in [6, 6.07) is 2.77. The topological polar surface area (TPSA) is 26.3 Å². The molecule has 0 amide bonds. The van der Waals surface area contributed by atoms with Crippen LogP contribution in [0.25, 0.3) is 0 Å². The van der Waals surface area contributed by atoms with Crippen LogP contribution in [0.3, 0.4) is 0 Å². The summed E-state index contributed by atoms with van der Waals surface area (Å²) >= 11 is 0. The zero-order valence-corrected chi connectivity index (χ0v) is 10.3. The molecule has 1 aliphatic heterocycles. The Hall–Kier alpha value is -1.29. The number of ketones is 1. The van der Waals surface area contributed by atoms with Crippen molar-refractivity contribution < 1.29 is 18.3 Å². The van der Waals surface area contributed by atoms with Gasteiger partial charge in [0.25, 0.3) is 0 Å². The molecule has 0 bridgehead atoms. The van der Waals surface area contributed by atoms with Gasteiger partial charge >= 0.3 is 0 Å². The maximum Gasteiger partial charge on any atom is 0.169 e. The lowest BCUT2D eigenvalue weighted by Crippen LogP contribution is -2.23. The predicted molar refractivity (Wildman–Crippen MR) is 63.6 cm³/mol. The molecule has 1 atom stereocenters. The molecule has 0 aromatic heterocycles. The van der Waals surface area contributed by atoms with E-state index in [1.165, 1.54) is 19.1 Å². The van der Waals surface area contributed by atoms with Crippen molar-refractivity contribution in [3.63, 3.8) is 0 Å². The van der Waals surface area contributed by atoms with Crippen LogP contribution in [0.4, 0.5) is 8.78 Å². The van der Waals surface area contributed by atoms with Crippen LogP contribution in [-0.2, 0) is 4.74 Å². The van der Waals surface area contributed by atoms with Crippen molar-refractivity contribution >= 4 is 5.78 Å². The van der Waals surface area contributed by atoms with Gasteiger partial charge in [-0.3, -0.25) is 4.79 Å². The monoisotopic (exact) mass is 254 g/mol. The Balaban J connectivity index is 2.11. The highest BCUT2D eigenvalue weighted by molar-refractivity contribution is 5.96. The zero-order valence-electron chi connectivity index (χ0n) is 10.3. The number of aryl methyl sites for hydroxylation is 1. The highest BCUT2D eigenvalue weighted by Gasteiger charge is 2.22. The Labute approximate surface area is 105 Å². The van der Waals surface area contributed by atoms with E-state index in [9.17, 15) is 13.6 Å². The predicted octanol–water partition coefficient (Wildman–Crippen LogP) is 3.42. The first-order valence-corrected chi connectivity index (χ1v) is 6.19. The summed E-state index contributed by atoms with van der Waals surface area (Å²) in [5.74, 6) is -2.38. The first-order chi connectivity index (χ1) is 8.59. The van der Waals surface area contributed by atoms with Gasteiger partial charge in [-0.25, -0.2) is 8.78 Å². The molecule has 1 aliphatic rings. The molecule has 1 aromatic carbocycles. The molecule has 4 heteroatoms. The number of halogens is 2. The van der Waals surface area contributed by atoms with E-state index < -0.39 is 17.4 Å². The first-order valence-electron chi connectivity index (χ1n) is 6.19. The molecule has 0 spiro atoms. The van der Waals surface area contributed by atoms with Crippen LogP contribution in [0.2, 0.25) is 0 Å². The molecule has 0 saturated carbocycles. The zero-order chi connectivity index (χ0) is 13.1. The number of carbonyl (C=O) groups excluding carboxylic acids is 1. The van der Waals surface area contributed by atoms with Crippen LogP contribution < -0.4 is 0 Å². The van der Waals surface area contributed by atoms with Gasteiger partial charge in [-0.1, -0.05) is 6.07 Å². The van der Waals surface area contributed by atoms with Gasteiger partial charge in [0.1, 0.15) is 0 Å². The number of ether oxygens (including phenoxy) is 1. The fourth-order valence-corrected chi connectivity index (χ4v) is 2.15. The summed E-state index contributed by atoms with van der Waals surface area (Å²) < 4.78 is 32.4. The highest BCUT2D eigenvalue weighted by Crippen LogP contribution is 2.21.